The molecule has 4 nitrogen and oxygen atoms in total. The molecule has 0 saturated heterocycles. The van der Waals surface area contributed by atoms with Crippen LogP contribution in [0.1, 0.15) is 0 Å². The van der Waals surface area contributed by atoms with E-state index in [2.05, 4.69) is 10.2 Å². The molecule has 0 fully saturated rings. The standard InChI is InChI=1S/C10H14N4S/c1-3-11-13(5-1)7-9-15-10-8-14-6-2-4-12-14/h1-6H,7-10H2. The molecule has 0 amide bonds. The molecule has 5 heteroatoms. The van der Waals surface area contributed by atoms with Gasteiger partial charge in [0.25, 0.3) is 0 Å². The summed E-state index contributed by atoms with van der Waals surface area (Å²) in [5, 5.41) is 8.30. The lowest BCUT2D eigenvalue weighted by molar-refractivity contribution is 0.657. The van der Waals surface area contributed by atoms with Crippen LogP contribution in [-0.2, 0) is 13.1 Å². The second kappa shape index (κ2) is 5.60. The molecule has 0 aliphatic heterocycles. The van der Waals surface area contributed by atoms with E-state index in [9.17, 15) is 0 Å². The van der Waals surface area contributed by atoms with Gasteiger partial charge in [0.1, 0.15) is 0 Å². The van der Waals surface area contributed by atoms with E-state index in [1.807, 2.05) is 58.0 Å². The van der Waals surface area contributed by atoms with Crippen LogP contribution in [-0.4, -0.2) is 31.1 Å². The van der Waals surface area contributed by atoms with Crippen LogP contribution in [0.15, 0.2) is 36.9 Å². The number of nitrogens with zero attached hydrogens (tertiary/aromatic N) is 4. The van der Waals surface area contributed by atoms with Gasteiger partial charge >= 0.3 is 0 Å². The molecule has 2 heterocycles. The van der Waals surface area contributed by atoms with E-state index in [0.717, 1.165) is 24.6 Å². The van der Waals surface area contributed by atoms with E-state index < -0.39 is 0 Å². The first-order chi connectivity index (χ1) is 7.45. The molecule has 2 aromatic rings. The third-order valence-electron chi connectivity index (χ3n) is 2.05. The fourth-order valence-electron chi connectivity index (χ4n) is 1.28. The minimum absolute atomic E-state index is 0.983. The minimum atomic E-state index is 0.983. The molecular weight excluding hydrogens is 208 g/mol. The molecule has 0 N–H and O–H groups in total. The lowest BCUT2D eigenvalue weighted by Crippen LogP contribution is -2.04. The van der Waals surface area contributed by atoms with E-state index in [1.54, 1.807) is 0 Å². The Bertz CT molecular complexity index is 318. The van der Waals surface area contributed by atoms with Gasteiger partial charge in [0, 0.05) is 49.4 Å². The Balaban J connectivity index is 1.56. The highest BCUT2D eigenvalue weighted by molar-refractivity contribution is 7.99. The maximum atomic E-state index is 4.15. The second-order valence-electron chi connectivity index (χ2n) is 3.15. The third kappa shape index (κ3) is 3.43. The first-order valence-corrected chi connectivity index (χ1v) is 6.13. The van der Waals surface area contributed by atoms with Crippen molar-refractivity contribution in [3.63, 3.8) is 0 Å². The van der Waals surface area contributed by atoms with Crippen LogP contribution in [0, 0.1) is 0 Å². The van der Waals surface area contributed by atoms with Gasteiger partial charge < -0.3 is 0 Å². The largest absolute Gasteiger partial charge is 0.272 e. The van der Waals surface area contributed by atoms with Gasteiger partial charge in [-0.2, -0.15) is 22.0 Å². The number of aryl methyl sites for hydroxylation is 2. The Morgan fingerprint density at radius 1 is 0.867 bits per heavy atom. The second-order valence-corrected chi connectivity index (χ2v) is 4.38. The van der Waals surface area contributed by atoms with Crippen molar-refractivity contribution in [2.24, 2.45) is 0 Å². The molecule has 0 aliphatic carbocycles. The average Bonchev–Trinajstić information content (AvgIpc) is 2.88. The molecule has 0 unspecified atom stereocenters. The first-order valence-electron chi connectivity index (χ1n) is 4.98. The lowest BCUT2D eigenvalue weighted by Gasteiger charge is -2.02. The van der Waals surface area contributed by atoms with Gasteiger partial charge in [-0.3, -0.25) is 9.36 Å². The SMILES string of the molecule is c1cnn(CCSCCn2cccn2)c1. The van der Waals surface area contributed by atoms with Crippen LogP contribution in [0.4, 0.5) is 0 Å². The molecule has 0 aliphatic rings. The molecule has 0 spiro atoms. The van der Waals surface area contributed by atoms with Crippen LogP contribution < -0.4 is 0 Å². The quantitative estimate of drug-likeness (QED) is 0.695. The van der Waals surface area contributed by atoms with E-state index in [0.29, 0.717) is 0 Å². The summed E-state index contributed by atoms with van der Waals surface area (Å²) in [6.07, 6.45) is 7.62. The van der Waals surface area contributed by atoms with Crippen LogP contribution in [0.3, 0.4) is 0 Å². The predicted octanol–water partition coefficient (Wildman–Crippen LogP) is 1.51. The summed E-state index contributed by atoms with van der Waals surface area (Å²) in [5.41, 5.74) is 0. The van der Waals surface area contributed by atoms with Crippen molar-refractivity contribution in [1.82, 2.24) is 19.6 Å². The first kappa shape index (κ1) is 10.3. The summed E-state index contributed by atoms with van der Waals surface area (Å²) in [6.45, 7) is 1.97. The molecule has 0 bridgehead atoms. The molecule has 0 saturated carbocycles. The van der Waals surface area contributed by atoms with Crippen LogP contribution in [0.5, 0.6) is 0 Å². The van der Waals surface area contributed by atoms with Crippen molar-refractivity contribution in [1.29, 1.82) is 0 Å². The molecule has 80 valence electrons. The van der Waals surface area contributed by atoms with Crippen LogP contribution in [0.25, 0.3) is 0 Å². The number of hydrogen-bond donors (Lipinski definition) is 0. The lowest BCUT2D eigenvalue weighted by atomic mass is 10.7. The van der Waals surface area contributed by atoms with Gasteiger partial charge in [0.15, 0.2) is 0 Å². The maximum Gasteiger partial charge on any atom is 0.0499 e. The normalized spacial score (nSPS) is 10.7. The Labute approximate surface area is 93.3 Å². The van der Waals surface area contributed by atoms with Gasteiger partial charge in [-0.05, 0) is 12.1 Å². The van der Waals surface area contributed by atoms with E-state index in [-0.39, 0.29) is 0 Å². The number of rotatable bonds is 6. The zero-order valence-corrected chi connectivity index (χ0v) is 9.31. The molecule has 0 radical (unpaired) electrons. The third-order valence-corrected chi connectivity index (χ3v) is 2.99. The molecule has 2 aromatic heterocycles. The monoisotopic (exact) mass is 222 g/mol. The van der Waals surface area contributed by atoms with Crippen LogP contribution in [0.2, 0.25) is 0 Å². The van der Waals surface area contributed by atoms with Gasteiger partial charge in [-0.1, -0.05) is 0 Å². The smallest absolute Gasteiger partial charge is 0.0499 e. The summed E-state index contributed by atoms with van der Waals surface area (Å²) in [6, 6.07) is 3.91. The highest BCUT2D eigenvalue weighted by atomic mass is 32.2. The van der Waals surface area contributed by atoms with Crippen molar-refractivity contribution in [2.45, 2.75) is 13.1 Å². The Hall–Kier alpha value is -1.23. The highest BCUT2D eigenvalue weighted by Gasteiger charge is 1.93. The highest BCUT2D eigenvalue weighted by Crippen LogP contribution is 2.02. The minimum Gasteiger partial charge on any atom is -0.272 e. The molecule has 0 atom stereocenters. The fraction of sp³-hybridized carbons (Fsp3) is 0.400. The predicted molar refractivity (Wildman–Crippen MR) is 61.8 cm³/mol. The maximum absolute atomic E-state index is 4.15. The summed E-state index contributed by atoms with van der Waals surface area (Å²) < 4.78 is 3.92. The number of aromatic nitrogens is 4. The van der Waals surface area contributed by atoms with E-state index in [1.165, 1.54) is 0 Å². The van der Waals surface area contributed by atoms with Crippen molar-refractivity contribution < 1.29 is 0 Å². The van der Waals surface area contributed by atoms with E-state index in [4.69, 9.17) is 0 Å². The topological polar surface area (TPSA) is 35.6 Å². The Morgan fingerprint density at radius 2 is 1.40 bits per heavy atom. The van der Waals surface area contributed by atoms with Crippen molar-refractivity contribution in [2.75, 3.05) is 11.5 Å². The summed E-state index contributed by atoms with van der Waals surface area (Å²) >= 11 is 1.93. The van der Waals surface area contributed by atoms with Gasteiger partial charge in [-0.15, -0.1) is 0 Å². The van der Waals surface area contributed by atoms with Crippen LogP contribution >= 0.6 is 11.8 Å². The zero-order chi connectivity index (χ0) is 10.3. The van der Waals surface area contributed by atoms with Gasteiger partial charge in [-0.25, -0.2) is 0 Å². The summed E-state index contributed by atoms with van der Waals surface area (Å²) in [4.78, 5) is 0. The molecular formula is C10H14N4S. The van der Waals surface area contributed by atoms with Crippen molar-refractivity contribution in [3.05, 3.63) is 36.9 Å². The Kier molecular flexibility index (Phi) is 3.84. The average molecular weight is 222 g/mol. The fourth-order valence-corrected chi connectivity index (χ4v) is 2.12. The zero-order valence-electron chi connectivity index (χ0n) is 8.49. The van der Waals surface area contributed by atoms with Gasteiger partial charge in [0.05, 0.1) is 0 Å². The van der Waals surface area contributed by atoms with E-state index >= 15 is 0 Å². The molecule has 15 heavy (non-hydrogen) atoms. The summed E-state index contributed by atoms with van der Waals surface area (Å²) in [7, 11) is 0. The van der Waals surface area contributed by atoms with Gasteiger partial charge in [0.2, 0.25) is 0 Å². The van der Waals surface area contributed by atoms with Crippen molar-refractivity contribution in [3.8, 4) is 0 Å². The molecule has 2 rings (SSSR count). The number of thioether (sulfide) groups is 1. The Morgan fingerprint density at radius 3 is 1.80 bits per heavy atom. The molecule has 0 aromatic carbocycles. The number of hydrogen-bond acceptors (Lipinski definition) is 3. The van der Waals surface area contributed by atoms with Crippen molar-refractivity contribution >= 4 is 11.8 Å². The summed E-state index contributed by atoms with van der Waals surface area (Å²) in [5.74, 6) is 2.20.